The topological polar surface area (TPSA) is 43.6 Å². The zero-order chi connectivity index (χ0) is 22.1. The van der Waals surface area contributed by atoms with Crippen molar-refractivity contribution in [3.05, 3.63) is 107 Å². The van der Waals surface area contributed by atoms with Gasteiger partial charge in [-0.3, -0.25) is 0 Å². The molecule has 5 rings (SSSR count). The van der Waals surface area contributed by atoms with Crippen molar-refractivity contribution < 1.29 is 9.53 Å². The molecule has 0 saturated carbocycles. The summed E-state index contributed by atoms with van der Waals surface area (Å²) in [5.74, 6) is -0.332. The van der Waals surface area contributed by atoms with Crippen LogP contribution in [0.4, 0.5) is 0 Å². The van der Waals surface area contributed by atoms with E-state index in [2.05, 4.69) is 55.5 Å². The SMILES string of the molecule is CCOC(=O)c1c(Cc2ccccc2)nn2c(-c3ccccc3)cc3ccc(C)cc3c12. The molecule has 32 heavy (non-hydrogen) atoms. The van der Waals surface area contributed by atoms with Crippen molar-refractivity contribution in [2.75, 3.05) is 6.61 Å². The summed E-state index contributed by atoms with van der Waals surface area (Å²) in [6.07, 6.45) is 0.554. The first-order valence-corrected chi connectivity index (χ1v) is 10.9. The summed E-state index contributed by atoms with van der Waals surface area (Å²) in [6.45, 7) is 4.21. The molecule has 0 radical (unpaired) electrons. The first kappa shape index (κ1) is 20.0. The molecule has 0 N–H and O–H groups in total. The highest BCUT2D eigenvalue weighted by molar-refractivity contribution is 6.09. The number of fused-ring (bicyclic) bond motifs is 3. The molecule has 158 valence electrons. The number of esters is 1. The van der Waals surface area contributed by atoms with E-state index in [9.17, 15) is 4.79 Å². The van der Waals surface area contributed by atoms with E-state index in [-0.39, 0.29) is 5.97 Å². The van der Waals surface area contributed by atoms with Crippen molar-refractivity contribution in [1.82, 2.24) is 9.61 Å². The monoisotopic (exact) mass is 420 g/mol. The number of pyridine rings is 1. The Kier molecular flexibility index (Phi) is 5.20. The molecule has 0 bridgehead atoms. The fourth-order valence-corrected chi connectivity index (χ4v) is 4.24. The fraction of sp³-hybridized carbons (Fsp3) is 0.143. The molecule has 3 aromatic carbocycles. The predicted molar refractivity (Wildman–Crippen MR) is 128 cm³/mol. The Hall–Kier alpha value is -3.92. The molecule has 0 aliphatic rings. The summed E-state index contributed by atoms with van der Waals surface area (Å²) in [4.78, 5) is 13.2. The average Bonchev–Trinajstić information content (AvgIpc) is 3.19. The predicted octanol–water partition coefficient (Wildman–Crippen LogP) is 6.23. The molecule has 0 saturated heterocycles. The second-order valence-electron chi connectivity index (χ2n) is 7.95. The number of aromatic nitrogens is 2. The fourth-order valence-electron chi connectivity index (χ4n) is 4.24. The third kappa shape index (κ3) is 3.54. The van der Waals surface area contributed by atoms with Crippen LogP contribution in [-0.2, 0) is 11.2 Å². The van der Waals surface area contributed by atoms with Crippen LogP contribution in [0, 0.1) is 6.92 Å². The molecule has 5 aromatic rings. The lowest BCUT2D eigenvalue weighted by atomic mass is 10.0. The van der Waals surface area contributed by atoms with Crippen LogP contribution in [0.25, 0.3) is 27.5 Å². The second-order valence-corrected chi connectivity index (χ2v) is 7.95. The largest absolute Gasteiger partial charge is 0.462 e. The van der Waals surface area contributed by atoms with Gasteiger partial charge in [-0.25, -0.2) is 9.31 Å². The highest BCUT2D eigenvalue weighted by Gasteiger charge is 2.25. The molecule has 0 aliphatic carbocycles. The van der Waals surface area contributed by atoms with E-state index in [1.54, 1.807) is 0 Å². The van der Waals surface area contributed by atoms with Gasteiger partial charge in [0.25, 0.3) is 0 Å². The normalized spacial score (nSPS) is 11.2. The maximum Gasteiger partial charge on any atom is 0.342 e. The van der Waals surface area contributed by atoms with Gasteiger partial charge in [0, 0.05) is 17.4 Å². The highest BCUT2D eigenvalue weighted by Crippen LogP contribution is 2.33. The number of aryl methyl sites for hydroxylation is 1. The summed E-state index contributed by atoms with van der Waals surface area (Å²) in [5, 5.41) is 7.05. The van der Waals surface area contributed by atoms with Crippen LogP contribution in [-0.4, -0.2) is 22.2 Å². The lowest BCUT2D eigenvalue weighted by molar-refractivity contribution is 0.0527. The van der Waals surface area contributed by atoms with Crippen LogP contribution in [0.15, 0.2) is 84.9 Å². The molecular formula is C28H24N2O2. The maximum atomic E-state index is 13.2. The summed E-state index contributed by atoms with van der Waals surface area (Å²) < 4.78 is 7.42. The zero-order valence-electron chi connectivity index (χ0n) is 18.2. The Balaban J connectivity index is 1.88. The van der Waals surface area contributed by atoms with Crippen molar-refractivity contribution in [3.63, 3.8) is 0 Å². The Labute approximate surface area is 187 Å². The molecular weight excluding hydrogens is 396 g/mol. The smallest absolute Gasteiger partial charge is 0.342 e. The minimum Gasteiger partial charge on any atom is -0.462 e. The number of nitrogens with zero attached hydrogens (tertiary/aromatic N) is 2. The van der Waals surface area contributed by atoms with E-state index >= 15 is 0 Å². The van der Waals surface area contributed by atoms with E-state index in [0.717, 1.165) is 44.4 Å². The third-order valence-corrected chi connectivity index (χ3v) is 5.71. The van der Waals surface area contributed by atoms with Gasteiger partial charge in [0.1, 0.15) is 5.56 Å². The zero-order valence-corrected chi connectivity index (χ0v) is 18.2. The van der Waals surface area contributed by atoms with Crippen LogP contribution < -0.4 is 0 Å². The molecule has 0 atom stereocenters. The Morgan fingerprint density at radius 1 is 0.938 bits per heavy atom. The molecule has 2 aromatic heterocycles. The number of benzene rings is 3. The van der Waals surface area contributed by atoms with Crippen molar-refractivity contribution in [2.24, 2.45) is 0 Å². The Bertz CT molecular complexity index is 1420. The van der Waals surface area contributed by atoms with E-state index in [1.165, 1.54) is 0 Å². The molecule has 4 nitrogen and oxygen atoms in total. The van der Waals surface area contributed by atoms with Crippen LogP contribution in [0.3, 0.4) is 0 Å². The highest BCUT2D eigenvalue weighted by atomic mass is 16.5. The molecule has 0 amide bonds. The van der Waals surface area contributed by atoms with Crippen molar-refractivity contribution in [2.45, 2.75) is 20.3 Å². The molecule has 0 fully saturated rings. The van der Waals surface area contributed by atoms with Crippen LogP contribution in [0.1, 0.15) is 34.1 Å². The third-order valence-electron chi connectivity index (χ3n) is 5.71. The first-order valence-electron chi connectivity index (χ1n) is 10.9. The van der Waals surface area contributed by atoms with Gasteiger partial charge in [-0.2, -0.15) is 5.10 Å². The van der Waals surface area contributed by atoms with Gasteiger partial charge in [-0.1, -0.05) is 78.4 Å². The van der Waals surface area contributed by atoms with Gasteiger partial charge in [0.2, 0.25) is 0 Å². The van der Waals surface area contributed by atoms with Crippen molar-refractivity contribution in [3.8, 4) is 11.3 Å². The molecule has 2 heterocycles. The summed E-state index contributed by atoms with van der Waals surface area (Å²) in [6, 6.07) is 28.7. The number of hydrogen-bond donors (Lipinski definition) is 0. The van der Waals surface area contributed by atoms with Crippen LogP contribution in [0.2, 0.25) is 0 Å². The number of carbonyl (C=O) groups is 1. The van der Waals surface area contributed by atoms with Crippen molar-refractivity contribution in [1.29, 1.82) is 0 Å². The van der Waals surface area contributed by atoms with E-state index in [0.29, 0.717) is 18.6 Å². The number of carbonyl (C=O) groups excluding carboxylic acids is 1. The minimum absolute atomic E-state index is 0.316. The first-order chi connectivity index (χ1) is 15.7. The summed E-state index contributed by atoms with van der Waals surface area (Å²) in [5.41, 5.74) is 6.29. The van der Waals surface area contributed by atoms with E-state index in [4.69, 9.17) is 9.84 Å². The second kappa shape index (κ2) is 8.31. The summed E-state index contributed by atoms with van der Waals surface area (Å²) in [7, 11) is 0. The van der Waals surface area contributed by atoms with Gasteiger partial charge in [-0.05, 0) is 36.9 Å². The molecule has 0 unspecified atom stereocenters. The van der Waals surface area contributed by atoms with E-state index in [1.807, 2.05) is 47.8 Å². The van der Waals surface area contributed by atoms with Gasteiger partial charge in [0.15, 0.2) is 0 Å². The Morgan fingerprint density at radius 3 is 2.38 bits per heavy atom. The van der Waals surface area contributed by atoms with E-state index < -0.39 is 0 Å². The number of hydrogen-bond acceptors (Lipinski definition) is 3. The minimum atomic E-state index is -0.332. The summed E-state index contributed by atoms with van der Waals surface area (Å²) >= 11 is 0. The van der Waals surface area contributed by atoms with Crippen LogP contribution in [0.5, 0.6) is 0 Å². The number of rotatable bonds is 5. The van der Waals surface area contributed by atoms with Gasteiger partial charge >= 0.3 is 5.97 Å². The average molecular weight is 421 g/mol. The lowest BCUT2D eigenvalue weighted by Crippen LogP contribution is -2.08. The standard InChI is InChI=1S/C28H24N2O2/c1-3-32-28(31)26-24(17-20-10-6-4-7-11-20)29-30-25(21-12-8-5-9-13-21)18-22-15-14-19(2)16-23(22)27(26)30/h4-16,18H,3,17H2,1-2H3. The van der Waals surface area contributed by atoms with Crippen LogP contribution >= 0.6 is 0 Å². The van der Waals surface area contributed by atoms with Gasteiger partial charge in [0.05, 0.1) is 23.5 Å². The van der Waals surface area contributed by atoms with Gasteiger partial charge < -0.3 is 4.74 Å². The lowest BCUT2D eigenvalue weighted by Gasteiger charge is -2.11. The molecule has 4 heteroatoms. The van der Waals surface area contributed by atoms with Crippen molar-refractivity contribution >= 4 is 22.3 Å². The number of ether oxygens (including phenoxy) is 1. The quantitative estimate of drug-likeness (QED) is 0.317. The Morgan fingerprint density at radius 2 is 1.66 bits per heavy atom. The maximum absolute atomic E-state index is 13.2. The van der Waals surface area contributed by atoms with Gasteiger partial charge in [-0.15, -0.1) is 0 Å². The molecule has 0 aliphatic heterocycles. The molecule has 0 spiro atoms.